The maximum atomic E-state index is 12.4. The molecule has 1 fully saturated rings. The van der Waals surface area contributed by atoms with Gasteiger partial charge in [0.1, 0.15) is 5.82 Å². The number of thioether (sulfide) groups is 1. The summed E-state index contributed by atoms with van der Waals surface area (Å²) in [6.07, 6.45) is 6.69. The molecule has 0 amide bonds. The number of nitrogens with zero attached hydrogens (tertiary/aromatic N) is 5. The lowest BCUT2D eigenvalue weighted by Crippen LogP contribution is -2.38. The molecule has 1 saturated heterocycles. The summed E-state index contributed by atoms with van der Waals surface area (Å²) in [5, 5.41) is 4.65. The fourth-order valence-electron chi connectivity index (χ4n) is 3.50. The summed E-state index contributed by atoms with van der Waals surface area (Å²) >= 11 is 1.87. The molecule has 4 heterocycles. The standard InChI is InChI=1S/C17H21N5OS/c1-12-8-18-9-16(19-12)21-5-2-3-14(21)10-22-17(23)7-13-11-24-6-4-15(13)20-22/h7-9,14H,2-6,10-11H2,1H3. The lowest BCUT2D eigenvalue weighted by molar-refractivity contribution is 0.479. The van der Waals surface area contributed by atoms with Crippen LogP contribution in [0.4, 0.5) is 5.82 Å². The lowest BCUT2D eigenvalue weighted by Gasteiger charge is -2.26. The Kier molecular flexibility index (Phi) is 4.26. The molecular formula is C17H21N5OS. The highest BCUT2D eigenvalue weighted by Crippen LogP contribution is 2.25. The second-order valence-corrected chi connectivity index (χ2v) is 7.55. The van der Waals surface area contributed by atoms with E-state index in [9.17, 15) is 4.79 Å². The molecule has 0 radical (unpaired) electrons. The van der Waals surface area contributed by atoms with E-state index >= 15 is 0 Å². The van der Waals surface area contributed by atoms with E-state index in [2.05, 4.69) is 20.0 Å². The van der Waals surface area contributed by atoms with Crippen molar-refractivity contribution in [3.8, 4) is 0 Å². The monoisotopic (exact) mass is 343 g/mol. The third-order valence-electron chi connectivity index (χ3n) is 4.70. The Labute approximate surface area is 145 Å². The van der Waals surface area contributed by atoms with Crippen molar-refractivity contribution in [3.63, 3.8) is 0 Å². The normalized spacial score (nSPS) is 20.2. The van der Waals surface area contributed by atoms with Crippen LogP contribution in [0.15, 0.2) is 23.3 Å². The number of aryl methyl sites for hydroxylation is 2. The van der Waals surface area contributed by atoms with Gasteiger partial charge in [-0.05, 0) is 31.1 Å². The number of rotatable bonds is 3. The van der Waals surface area contributed by atoms with Gasteiger partial charge >= 0.3 is 0 Å². The van der Waals surface area contributed by atoms with Gasteiger partial charge in [0.15, 0.2) is 0 Å². The molecule has 2 aliphatic heterocycles. The first-order valence-corrected chi connectivity index (χ1v) is 9.59. The summed E-state index contributed by atoms with van der Waals surface area (Å²) in [5.41, 5.74) is 3.13. The molecule has 0 aromatic carbocycles. The lowest BCUT2D eigenvalue weighted by atomic mass is 10.2. The van der Waals surface area contributed by atoms with Crippen molar-refractivity contribution in [1.82, 2.24) is 19.7 Å². The van der Waals surface area contributed by atoms with E-state index in [4.69, 9.17) is 0 Å². The van der Waals surface area contributed by atoms with Gasteiger partial charge in [-0.25, -0.2) is 9.67 Å². The van der Waals surface area contributed by atoms with E-state index in [0.29, 0.717) is 6.54 Å². The van der Waals surface area contributed by atoms with Crippen LogP contribution in [0.3, 0.4) is 0 Å². The summed E-state index contributed by atoms with van der Waals surface area (Å²) in [4.78, 5) is 23.5. The second-order valence-electron chi connectivity index (χ2n) is 6.45. The first-order chi connectivity index (χ1) is 11.7. The topological polar surface area (TPSA) is 63.9 Å². The average molecular weight is 343 g/mol. The van der Waals surface area contributed by atoms with E-state index in [-0.39, 0.29) is 11.6 Å². The van der Waals surface area contributed by atoms with E-state index in [1.807, 2.05) is 24.9 Å². The van der Waals surface area contributed by atoms with Crippen LogP contribution in [0.2, 0.25) is 0 Å². The van der Waals surface area contributed by atoms with Crippen LogP contribution >= 0.6 is 11.8 Å². The Morgan fingerprint density at radius 1 is 1.38 bits per heavy atom. The van der Waals surface area contributed by atoms with Gasteiger partial charge in [-0.3, -0.25) is 9.78 Å². The summed E-state index contributed by atoms with van der Waals surface area (Å²) < 4.78 is 1.65. The Morgan fingerprint density at radius 3 is 3.17 bits per heavy atom. The molecule has 2 aliphatic rings. The maximum absolute atomic E-state index is 12.4. The summed E-state index contributed by atoms with van der Waals surface area (Å²) in [6, 6.07) is 2.03. The molecule has 126 valence electrons. The summed E-state index contributed by atoms with van der Waals surface area (Å²) in [6.45, 7) is 3.53. The molecule has 0 bridgehead atoms. The van der Waals surface area contributed by atoms with Crippen LogP contribution in [0.25, 0.3) is 0 Å². The Bertz CT molecular complexity index is 806. The van der Waals surface area contributed by atoms with Gasteiger partial charge in [-0.2, -0.15) is 16.9 Å². The Morgan fingerprint density at radius 2 is 2.29 bits per heavy atom. The first-order valence-electron chi connectivity index (χ1n) is 8.43. The minimum atomic E-state index is 0.0124. The average Bonchev–Trinajstić information content (AvgIpc) is 3.04. The molecule has 4 rings (SSSR count). The number of hydrogen-bond donors (Lipinski definition) is 0. The van der Waals surface area contributed by atoms with Crippen LogP contribution in [0, 0.1) is 6.92 Å². The van der Waals surface area contributed by atoms with Crippen molar-refractivity contribution < 1.29 is 0 Å². The van der Waals surface area contributed by atoms with Gasteiger partial charge in [0.05, 0.1) is 30.2 Å². The van der Waals surface area contributed by atoms with Crippen LogP contribution in [-0.2, 0) is 18.7 Å². The second kappa shape index (κ2) is 6.55. The SMILES string of the molecule is Cc1cncc(N2CCCC2Cn2nc3c(cc2=O)CSCC3)n1. The first kappa shape index (κ1) is 15.6. The number of aromatic nitrogens is 4. The molecule has 0 aliphatic carbocycles. The molecule has 1 unspecified atom stereocenters. The molecule has 0 N–H and O–H groups in total. The zero-order valence-electron chi connectivity index (χ0n) is 13.8. The van der Waals surface area contributed by atoms with E-state index < -0.39 is 0 Å². The van der Waals surface area contributed by atoms with Gasteiger partial charge in [-0.15, -0.1) is 0 Å². The highest BCUT2D eigenvalue weighted by Gasteiger charge is 2.27. The molecule has 24 heavy (non-hydrogen) atoms. The third-order valence-corrected chi connectivity index (χ3v) is 5.71. The quantitative estimate of drug-likeness (QED) is 0.847. The fourth-order valence-corrected chi connectivity index (χ4v) is 4.45. The van der Waals surface area contributed by atoms with Gasteiger partial charge in [0.2, 0.25) is 0 Å². The zero-order valence-corrected chi connectivity index (χ0v) is 14.6. The van der Waals surface area contributed by atoms with Crippen LogP contribution in [0.1, 0.15) is 29.8 Å². The van der Waals surface area contributed by atoms with Gasteiger partial charge in [0.25, 0.3) is 5.56 Å². The van der Waals surface area contributed by atoms with Crippen LogP contribution in [0.5, 0.6) is 0 Å². The van der Waals surface area contributed by atoms with Crippen molar-refractivity contribution in [2.45, 2.75) is 44.5 Å². The van der Waals surface area contributed by atoms with Gasteiger partial charge < -0.3 is 4.90 Å². The van der Waals surface area contributed by atoms with Crippen molar-refractivity contribution >= 4 is 17.6 Å². The molecule has 0 spiro atoms. The third kappa shape index (κ3) is 3.05. The highest BCUT2D eigenvalue weighted by molar-refractivity contribution is 7.98. The Hall–Kier alpha value is -1.89. The van der Waals surface area contributed by atoms with Crippen molar-refractivity contribution in [2.24, 2.45) is 0 Å². The molecule has 0 saturated carbocycles. The zero-order chi connectivity index (χ0) is 16.5. The molecule has 7 heteroatoms. The minimum Gasteiger partial charge on any atom is -0.350 e. The van der Waals surface area contributed by atoms with Crippen LogP contribution in [-0.4, -0.2) is 38.1 Å². The number of hydrogen-bond acceptors (Lipinski definition) is 6. The molecule has 2 aromatic rings. The van der Waals surface area contributed by atoms with Crippen molar-refractivity contribution in [3.05, 3.63) is 45.8 Å². The Balaban J connectivity index is 1.59. The molecule has 1 atom stereocenters. The van der Waals surface area contributed by atoms with E-state index in [1.54, 1.807) is 16.9 Å². The summed E-state index contributed by atoms with van der Waals surface area (Å²) in [5.74, 6) is 2.90. The van der Waals surface area contributed by atoms with Gasteiger partial charge in [-0.1, -0.05) is 0 Å². The van der Waals surface area contributed by atoms with Crippen LogP contribution < -0.4 is 10.5 Å². The smallest absolute Gasteiger partial charge is 0.267 e. The maximum Gasteiger partial charge on any atom is 0.267 e. The molecule has 2 aromatic heterocycles. The van der Waals surface area contributed by atoms with Crippen molar-refractivity contribution in [1.29, 1.82) is 0 Å². The predicted molar refractivity (Wildman–Crippen MR) is 95.5 cm³/mol. The fraction of sp³-hybridized carbons (Fsp3) is 0.529. The largest absolute Gasteiger partial charge is 0.350 e. The number of anilines is 1. The summed E-state index contributed by atoms with van der Waals surface area (Å²) in [7, 11) is 0. The highest BCUT2D eigenvalue weighted by atomic mass is 32.2. The van der Waals surface area contributed by atoms with Crippen molar-refractivity contribution in [2.75, 3.05) is 17.2 Å². The van der Waals surface area contributed by atoms with Gasteiger partial charge in [0, 0.05) is 31.0 Å². The van der Waals surface area contributed by atoms with E-state index in [0.717, 1.165) is 60.1 Å². The predicted octanol–water partition coefficient (Wildman–Crippen LogP) is 1.80. The minimum absolute atomic E-state index is 0.0124. The molecule has 6 nitrogen and oxygen atoms in total. The number of fused-ring (bicyclic) bond motifs is 1. The van der Waals surface area contributed by atoms with E-state index in [1.165, 1.54) is 0 Å². The molecular weight excluding hydrogens is 322 g/mol.